The van der Waals surface area contributed by atoms with Crippen LogP contribution in [0.5, 0.6) is 5.75 Å². The third kappa shape index (κ3) is 4.68. The van der Waals surface area contributed by atoms with Crippen LogP contribution in [0.15, 0.2) is 42.7 Å². The topological polar surface area (TPSA) is 74.0 Å². The summed E-state index contributed by atoms with van der Waals surface area (Å²) in [5.41, 5.74) is 2.98. The van der Waals surface area contributed by atoms with Gasteiger partial charge in [-0.15, -0.1) is 13.2 Å². The molecule has 0 saturated carbocycles. The molecule has 0 bridgehead atoms. The van der Waals surface area contributed by atoms with Gasteiger partial charge in [0.1, 0.15) is 5.75 Å². The number of nitrogens with zero attached hydrogens (tertiary/aromatic N) is 4. The average molecular weight is 445 g/mol. The van der Waals surface area contributed by atoms with E-state index in [1.54, 1.807) is 29.1 Å². The normalized spacial score (nSPS) is 12.1. The van der Waals surface area contributed by atoms with Crippen molar-refractivity contribution in [3.8, 4) is 5.75 Å². The lowest BCUT2D eigenvalue weighted by atomic mass is 10.2. The fraction of sp³-hybridized carbons (Fsp3) is 0.318. The number of amides is 1. The fourth-order valence-corrected chi connectivity index (χ4v) is 3.70. The van der Waals surface area contributed by atoms with E-state index in [2.05, 4.69) is 20.1 Å². The van der Waals surface area contributed by atoms with Crippen LogP contribution in [-0.2, 0) is 24.8 Å². The van der Waals surface area contributed by atoms with Crippen molar-refractivity contribution < 1.29 is 22.7 Å². The Labute approximate surface area is 181 Å². The third-order valence-corrected chi connectivity index (χ3v) is 5.01. The van der Waals surface area contributed by atoms with Crippen LogP contribution in [0.2, 0.25) is 0 Å². The first-order valence-corrected chi connectivity index (χ1v) is 10.0. The summed E-state index contributed by atoms with van der Waals surface area (Å²) in [6.45, 7) is 4.19. The van der Waals surface area contributed by atoms with E-state index in [0.29, 0.717) is 23.1 Å². The molecule has 0 fully saturated rings. The molecule has 1 aromatic carbocycles. The van der Waals surface area contributed by atoms with Gasteiger partial charge in [-0.1, -0.05) is 0 Å². The van der Waals surface area contributed by atoms with Crippen molar-refractivity contribution in [1.82, 2.24) is 24.6 Å². The zero-order valence-electron chi connectivity index (χ0n) is 17.8. The number of hydrogen-bond donors (Lipinski definition) is 1. The molecule has 32 heavy (non-hydrogen) atoms. The minimum absolute atomic E-state index is 0.0398. The number of rotatable bonds is 6. The zero-order valence-corrected chi connectivity index (χ0v) is 17.8. The number of ether oxygens (including phenoxy) is 1. The molecule has 4 rings (SSSR count). The number of carbonyl (C=O) groups is 1. The minimum atomic E-state index is -4.74. The van der Waals surface area contributed by atoms with Crippen molar-refractivity contribution in [2.45, 2.75) is 39.2 Å². The lowest BCUT2D eigenvalue weighted by Gasteiger charge is -2.08. The van der Waals surface area contributed by atoms with Crippen LogP contribution < -0.4 is 10.1 Å². The Kier molecular flexibility index (Phi) is 5.53. The molecule has 1 amide bonds. The first kappa shape index (κ1) is 21.7. The highest BCUT2D eigenvalue weighted by atomic mass is 19.4. The average Bonchev–Trinajstić information content (AvgIpc) is 3.21. The highest BCUT2D eigenvalue weighted by Gasteiger charge is 2.31. The lowest BCUT2D eigenvalue weighted by Crippen LogP contribution is -2.31. The molecule has 1 N–H and O–H groups in total. The second-order valence-corrected chi connectivity index (χ2v) is 7.88. The Hall–Kier alpha value is -3.56. The van der Waals surface area contributed by atoms with E-state index in [4.69, 9.17) is 0 Å². The second kappa shape index (κ2) is 8.18. The summed E-state index contributed by atoms with van der Waals surface area (Å²) >= 11 is 0. The molecule has 3 heterocycles. The van der Waals surface area contributed by atoms with Gasteiger partial charge in [0.2, 0.25) is 5.91 Å². The quantitative estimate of drug-likeness (QED) is 0.488. The van der Waals surface area contributed by atoms with Gasteiger partial charge in [-0.05, 0) is 44.2 Å². The van der Waals surface area contributed by atoms with Gasteiger partial charge in [-0.25, -0.2) is 0 Å². The molecule has 0 aliphatic rings. The predicted molar refractivity (Wildman–Crippen MR) is 113 cm³/mol. The van der Waals surface area contributed by atoms with Crippen LogP contribution in [0.4, 0.5) is 13.2 Å². The van der Waals surface area contributed by atoms with Crippen LogP contribution in [0, 0.1) is 0 Å². The van der Waals surface area contributed by atoms with Crippen LogP contribution in [0.1, 0.15) is 25.2 Å². The smallest absolute Gasteiger partial charge is 0.406 e. The van der Waals surface area contributed by atoms with Crippen molar-refractivity contribution >= 4 is 27.7 Å². The number of alkyl halides is 3. The molecular weight excluding hydrogens is 423 g/mol. The third-order valence-electron chi connectivity index (χ3n) is 5.01. The first-order valence-electron chi connectivity index (χ1n) is 10.0. The number of nitrogens with one attached hydrogen (secondary N) is 1. The van der Waals surface area contributed by atoms with Gasteiger partial charge in [0, 0.05) is 47.5 Å². The van der Waals surface area contributed by atoms with E-state index in [0.717, 1.165) is 16.6 Å². The Morgan fingerprint density at radius 3 is 2.72 bits per heavy atom. The largest absolute Gasteiger partial charge is 0.573 e. The Balaban J connectivity index is 1.61. The Morgan fingerprint density at radius 2 is 2.00 bits per heavy atom. The molecule has 0 saturated heterocycles. The SMILES string of the molecule is CC(C)NC(=O)Cc1nccc2nn(Cc3cc4cc(OC(F)(F)F)ccc4n3C)cc12. The van der Waals surface area contributed by atoms with Gasteiger partial charge in [-0.2, -0.15) is 5.10 Å². The van der Waals surface area contributed by atoms with E-state index >= 15 is 0 Å². The summed E-state index contributed by atoms with van der Waals surface area (Å²) in [6, 6.07) is 7.87. The zero-order chi connectivity index (χ0) is 23.0. The predicted octanol–water partition coefficient (Wildman–Crippen LogP) is 3.94. The van der Waals surface area contributed by atoms with Crippen LogP contribution in [0.3, 0.4) is 0 Å². The molecular formula is C22H22F3N5O2. The van der Waals surface area contributed by atoms with Crippen LogP contribution in [-0.4, -0.2) is 37.6 Å². The van der Waals surface area contributed by atoms with Crippen molar-refractivity contribution in [2.24, 2.45) is 7.05 Å². The maximum atomic E-state index is 12.5. The van der Waals surface area contributed by atoms with Crippen molar-refractivity contribution in [1.29, 1.82) is 0 Å². The fourth-order valence-electron chi connectivity index (χ4n) is 3.70. The van der Waals surface area contributed by atoms with Gasteiger partial charge in [0.25, 0.3) is 0 Å². The molecule has 168 valence electrons. The molecule has 10 heteroatoms. The lowest BCUT2D eigenvalue weighted by molar-refractivity contribution is -0.274. The molecule has 4 aromatic rings. The van der Waals surface area contributed by atoms with E-state index in [-0.39, 0.29) is 24.1 Å². The minimum Gasteiger partial charge on any atom is -0.406 e. The van der Waals surface area contributed by atoms with E-state index < -0.39 is 6.36 Å². The molecule has 0 aliphatic carbocycles. The summed E-state index contributed by atoms with van der Waals surface area (Å²) in [5, 5.41) is 8.84. The van der Waals surface area contributed by atoms with Crippen molar-refractivity contribution in [3.63, 3.8) is 0 Å². The second-order valence-electron chi connectivity index (χ2n) is 7.88. The monoisotopic (exact) mass is 445 g/mol. The van der Waals surface area contributed by atoms with E-state index in [1.807, 2.05) is 31.7 Å². The van der Waals surface area contributed by atoms with Gasteiger partial charge in [0.15, 0.2) is 0 Å². The van der Waals surface area contributed by atoms with Crippen molar-refractivity contribution in [2.75, 3.05) is 0 Å². The maximum absolute atomic E-state index is 12.5. The highest BCUT2D eigenvalue weighted by molar-refractivity contribution is 5.87. The summed E-state index contributed by atoms with van der Waals surface area (Å²) in [6.07, 6.45) is -1.14. The summed E-state index contributed by atoms with van der Waals surface area (Å²) < 4.78 is 45.2. The number of aryl methyl sites for hydroxylation is 1. The number of aromatic nitrogens is 4. The standard InChI is InChI=1S/C22H22F3N5O2/c1-13(2)27-21(31)10-19-17-12-30(28-18(17)6-7-26-19)11-15-8-14-9-16(32-22(23,24)25)4-5-20(14)29(15)3/h4-9,12-13H,10-11H2,1-3H3,(H,27,31). The summed E-state index contributed by atoms with van der Waals surface area (Å²) in [4.78, 5) is 16.5. The molecule has 0 atom stereocenters. The molecule has 7 nitrogen and oxygen atoms in total. The number of halogens is 3. The Morgan fingerprint density at radius 1 is 1.22 bits per heavy atom. The maximum Gasteiger partial charge on any atom is 0.573 e. The van der Waals surface area contributed by atoms with E-state index in [9.17, 15) is 18.0 Å². The summed E-state index contributed by atoms with van der Waals surface area (Å²) in [7, 11) is 1.84. The number of benzene rings is 1. The van der Waals surface area contributed by atoms with Crippen LogP contribution >= 0.6 is 0 Å². The highest BCUT2D eigenvalue weighted by Crippen LogP contribution is 2.28. The number of hydrogen-bond acceptors (Lipinski definition) is 4. The number of carbonyl (C=O) groups excluding carboxylic acids is 1. The molecule has 0 unspecified atom stereocenters. The van der Waals surface area contributed by atoms with Gasteiger partial charge in [0.05, 0.1) is 24.2 Å². The molecule has 0 spiro atoms. The van der Waals surface area contributed by atoms with Gasteiger partial charge in [-0.3, -0.25) is 14.5 Å². The Bertz CT molecular complexity index is 1290. The van der Waals surface area contributed by atoms with E-state index in [1.165, 1.54) is 12.1 Å². The summed E-state index contributed by atoms with van der Waals surface area (Å²) in [5.74, 6) is -0.374. The molecule has 0 aliphatic heterocycles. The first-order chi connectivity index (χ1) is 15.1. The number of pyridine rings is 1. The molecule has 3 aromatic heterocycles. The van der Waals surface area contributed by atoms with Gasteiger partial charge >= 0.3 is 6.36 Å². The number of fused-ring (bicyclic) bond motifs is 2. The van der Waals surface area contributed by atoms with Crippen LogP contribution in [0.25, 0.3) is 21.8 Å². The van der Waals surface area contributed by atoms with Crippen molar-refractivity contribution in [3.05, 3.63) is 54.1 Å². The van der Waals surface area contributed by atoms with Gasteiger partial charge < -0.3 is 14.6 Å². The molecule has 0 radical (unpaired) electrons.